The average Bonchev–Trinajstić information content (AvgIpc) is 2.90. The van der Waals surface area contributed by atoms with Gasteiger partial charge in [0.2, 0.25) is 0 Å². The van der Waals surface area contributed by atoms with Crippen LogP contribution in [0.25, 0.3) is 33.3 Å². The number of imidazole rings is 1. The molecule has 102 valence electrons. The lowest BCUT2D eigenvalue weighted by atomic mass is 10.1. The highest BCUT2D eigenvalue weighted by atomic mass is 19.1. The molecule has 0 aliphatic carbocycles. The third kappa shape index (κ3) is 1.74. The van der Waals surface area contributed by atoms with Crippen LogP contribution in [0.5, 0.6) is 0 Å². The molecule has 21 heavy (non-hydrogen) atoms. The SMILES string of the molecule is O=c1[nH]c2ccccc2c(F)c1-c1nc2ccccc2[nH]1. The molecular formula is C16H10FN3O. The molecule has 2 aromatic heterocycles. The van der Waals surface area contributed by atoms with E-state index >= 15 is 0 Å². The summed E-state index contributed by atoms with van der Waals surface area (Å²) in [6.45, 7) is 0. The quantitative estimate of drug-likeness (QED) is 0.562. The molecule has 2 N–H and O–H groups in total. The van der Waals surface area contributed by atoms with Gasteiger partial charge in [0.15, 0.2) is 0 Å². The number of fused-ring (bicyclic) bond motifs is 2. The summed E-state index contributed by atoms with van der Waals surface area (Å²) in [5, 5.41) is 0.368. The van der Waals surface area contributed by atoms with Crippen LogP contribution in [0.1, 0.15) is 0 Å². The maximum atomic E-state index is 14.7. The molecule has 4 rings (SSSR count). The molecular weight excluding hydrogens is 269 g/mol. The van der Waals surface area contributed by atoms with Crippen LogP contribution < -0.4 is 5.56 Å². The summed E-state index contributed by atoms with van der Waals surface area (Å²) in [7, 11) is 0. The van der Waals surface area contributed by atoms with E-state index in [2.05, 4.69) is 15.0 Å². The molecule has 0 radical (unpaired) electrons. The number of pyridine rings is 1. The molecule has 0 aliphatic rings. The highest BCUT2D eigenvalue weighted by Gasteiger charge is 2.17. The van der Waals surface area contributed by atoms with Gasteiger partial charge in [-0.15, -0.1) is 0 Å². The van der Waals surface area contributed by atoms with Gasteiger partial charge in [-0.2, -0.15) is 0 Å². The fourth-order valence-electron chi connectivity index (χ4n) is 2.49. The van der Waals surface area contributed by atoms with Gasteiger partial charge in [0, 0.05) is 5.39 Å². The van der Waals surface area contributed by atoms with E-state index in [9.17, 15) is 9.18 Å². The van der Waals surface area contributed by atoms with Crippen LogP contribution in [0.15, 0.2) is 53.3 Å². The Labute approximate surface area is 118 Å². The van der Waals surface area contributed by atoms with Crippen molar-refractivity contribution in [1.29, 1.82) is 0 Å². The van der Waals surface area contributed by atoms with Gasteiger partial charge in [-0.25, -0.2) is 9.37 Å². The smallest absolute Gasteiger partial charge is 0.262 e. The lowest BCUT2D eigenvalue weighted by Crippen LogP contribution is -2.12. The first-order valence-electron chi connectivity index (χ1n) is 6.50. The summed E-state index contributed by atoms with van der Waals surface area (Å²) >= 11 is 0. The Morgan fingerprint density at radius 3 is 2.43 bits per heavy atom. The fourth-order valence-corrected chi connectivity index (χ4v) is 2.49. The minimum atomic E-state index is -0.562. The Bertz CT molecular complexity index is 999. The van der Waals surface area contributed by atoms with Crippen molar-refractivity contribution in [3.8, 4) is 11.4 Å². The number of halogens is 1. The summed E-state index contributed by atoms with van der Waals surface area (Å²) in [4.78, 5) is 22.1. The van der Waals surface area contributed by atoms with Crippen molar-refractivity contribution in [2.75, 3.05) is 0 Å². The van der Waals surface area contributed by atoms with E-state index in [0.717, 1.165) is 5.52 Å². The van der Waals surface area contributed by atoms with Crippen LogP contribution in [0.4, 0.5) is 4.39 Å². The van der Waals surface area contributed by atoms with Gasteiger partial charge in [0.05, 0.1) is 16.6 Å². The number of aromatic nitrogens is 3. The second-order valence-corrected chi connectivity index (χ2v) is 4.79. The van der Waals surface area contributed by atoms with Crippen molar-refractivity contribution in [1.82, 2.24) is 15.0 Å². The molecule has 5 heteroatoms. The number of nitrogens with zero attached hydrogens (tertiary/aromatic N) is 1. The molecule has 0 atom stereocenters. The van der Waals surface area contributed by atoms with E-state index in [1.807, 2.05) is 24.3 Å². The number of nitrogens with one attached hydrogen (secondary N) is 2. The van der Waals surface area contributed by atoms with E-state index in [1.54, 1.807) is 24.3 Å². The van der Waals surface area contributed by atoms with Crippen molar-refractivity contribution < 1.29 is 4.39 Å². The second-order valence-electron chi connectivity index (χ2n) is 4.79. The summed E-state index contributed by atoms with van der Waals surface area (Å²) in [6.07, 6.45) is 0. The van der Waals surface area contributed by atoms with Crippen LogP contribution in [0, 0.1) is 5.82 Å². The Morgan fingerprint density at radius 2 is 1.62 bits per heavy atom. The van der Waals surface area contributed by atoms with Crippen molar-refractivity contribution in [2.45, 2.75) is 0 Å². The number of hydrogen-bond acceptors (Lipinski definition) is 2. The third-order valence-electron chi connectivity index (χ3n) is 3.48. The van der Waals surface area contributed by atoms with Crippen LogP contribution in [0.3, 0.4) is 0 Å². The molecule has 0 amide bonds. The van der Waals surface area contributed by atoms with E-state index in [-0.39, 0.29) is 11.4 Å². The van der Waals surface area contributed by atoms with Crippen molar-refractivity contribution >= 4 is 21.9 Å². The van der Waals surface area contributed by atoms with Gasteiger partial charge in [-0.05, 0) is 24.3 Å². The van der Waals surface area contributed by atoms with E-state index in [0.29, 0.717) is 16.4 Å². The molecule has 0 saturated carbocycles. The topological polar surface area (TPSA) is 61.5 Å². The van der Waals surface area contributed by atoms with Crippen molar-refractivity contribution in [3.05, 3.63) is 64.7 Å². The van der Waals surface area contributed by atoms with E-state index in [1.165, 1.54) is 0 Å². The van der Waals surface area contributed by atoms with Gasteiger partial charge < -0.3 is 9.97 Å². The molecule has 2 heterocycles. The number of H-pyrrole nitrogens is 2. The average molecular weight is 279 g/mol. The van der Waals surface area contributed by atoms with E-state index in [4.69, 9.17) is 0 Å². The fraction of sp³-hybridized carbons (Fsp3) is 0. The summed E-state index contributed by atoms with van der Waals surface area (Å²) in [5.41, 5.74) is 1.37. The highest BCUT2D eigenvalue weighted by Crippen LogP contribution is 2.24. The Morgan fingerprint density at radius 1 is 0.905 bits per heavy atom. The summed E-state index contributed by atoms with van der Waals surface area (Å²) in [6, 6.07) is 14.1. The molecule has 0 unspecified atom stereocenters. The number of rotatable bonds is 1. The molecule has 0 spiro atoms. The van der Waals surface area contributed by atoms with Gasteiger partial charge in [-0.3, -0.25) is 4.79 Å². The largest absolute Gasteiger partial charge is 0.338 e. The zero-order valence-electron chi connectivity index (χ0n) is 10.9. The zero-order chi connectivity index (χ0) is 14.4. The van der Waals surface area contributed by atoms with Crippen molar-refractivity contribution in [3.63, 3.8) is 0 Å². The standard InChI is InChI=1S/C16H10FN3O/c17-14-9-5-1-2-6-10(9)20-16(21)13(14)15-18-11-7-3-4-8-12(11)19-15/h1-8H,(H,18,19)(H,20,21). The second kappa shape index (κ2) is 4.28. The molecule has 4 aromatic rings. The van der Waals surface area contributed by atoms with E-state index < -0.39 is 11.4 Å². The van der Waals surface area contributed by atoms with Gasteiger partial charge >= 0.3 is 0 Å². The number of benzene rings is 2. The Kier molecular flexibility index (Phi) is 2.41. The number of para-hydroxylation sites is 3. The predicted molar refractivity (Wildman–Crippen MR) is 79.6 cm³/mol. The molecule has 0 aliphatic heterocycles. The first kappa shape index (κ1) is 11.8. The van der Waals surface area contributed by atoms with Crippen LogP contribution in [-0.2, 0) is 0 Å². The minimum absolute atomic E-state index is 0.0649. The molecule has 4 nitrogen and oxygen atoms in total. The summed E-state index contributed by atoms with van der Waals surface area (Å²) in [5.74, 6) is -0.325. The maximum absolute atomic E-state index is 14.7. The first-order chi connectivity index (χ1) is 10.2. The van der Waals surface area contributed by atoms with Crippen LogP contribution >= 0.6 is 0 Å². The predicted octanol–water partition coefficient (Wildman–Crippen LogP) is 3.21. The van der Waals surface area contributed by atoms with Crippen LogP contribution in [0.2, 0.25) is 0 Å². The van der Waals surface area contributed by atoms with Gasteiger partial charge in [0.1, 0.15) is 17.2 Å². The number of aromatic amines is 2. The van der Waals surface area contributed by atoms with Crippen LogP contribution in [-0.4, -0.2) is 15.0 Å². The molecule has 0 fully saturated rings. The first-order valence-corrected chi connectivity index (χ1v) is 6.50. The Hall–Kier alpha value is -2.95. The molecule has 0 bridgehead atoms. The summed E-state index contributed by atoms with van der Waals surface area (Å²) < 4.78 is 14.7. The number of hydrogen-bond donors (Lipinski definition) is 2. The minimum Gasteiger partial charge on any atom is -0.338 e. The normalized spacial score (nSPS) is 11.3. The zero-order valence-corrected chi connectivity index (χ0v) is 10.9. The highest BCUT2D eigenvalue weighted by molar-refractivity contribution is 5.85. The van der Waals surface area contributed by atoms with Gasteiger partial charge in [-0.1, -0.05) is 24.3 Å². The molecule has 2 aromatic carbocycles. The lowest BCUT2D eigenvalue weighted by Gasteiger charge is -2.03. The van der Waals surface area contributed by atoms with Gasteiger partial charge in [0.25, 0.3) is 5.56 Å². The monoisotopic (exact) mass is 279 g/mol. The Balaban J connectivity index is 2.08. The van der Waals surface area contributed by atoms with Crippen molar-refractivity contribution in [2.24, 2.45) is 0 Å². The molecule has 0 saturated heterocycles. The third-order valence-corrected chi connectivity index (χ3v) is 3.48. The lowest BCUT2D eigenvalue weighted by molar-refractivity contribution is 0.639. The maximum Gasteiger partial charge on any atom is 0.262 e.